The third-order valence-corrected chi connectivity index (χ3v) is 3.92. The molecule has 0 aromatic carbocycles. The van der Waals surface area contributed by atoms with Crippen LogP contribution in [0.2, 0.25) is 0 Å². The Morgan fingerprint density at radius 1 is 1.53 bits per heavy atom. The van der Waals surface area contributed by atoms with E-state index < -0.39 is 5.60 Å². The Labute approximate surface area is 115 Å². The van der Waals surface area contributed by atoms with E-state index in [-0.39, 0.29) is 4.87 Å². The molecule has 104 valence electrons. The van der Waals surface area contributed by atoms with Crippen LogP contribution in [0.5, 0.6) is 0 Å². The second-order valence-corrected chi connectivity index (χ2v) is 5.59. The van der Waals surface area contributed by atoms with Crippen LogP contribution in [0.3, 0.4) is 0 Å². The predicted octanol–water partition coefficient (Wildman–Crippen LogP) is 1.73. The van der Waals surface area contributed by atoms with Crippen LogP contribution < -0.4 is 4.87 Å². The third-order valence-electron chi connectivity index (χ3n) is 3.04. The van der Waals surface area contributed by atoms with Gasteiger partial charge in [0, 0.05) is 31.1 Å². The lowest BCUT2D eigenvalue weighted by atomic mass is 10.1. The molecule has 0 aliphatic rings. The first kappa shape index (κ1) is 14.0. The van der Waals surface area contributed by atoms with Gasteiger partial charge in [-0.05, 0) is 20.8 Å². The van der Waals surface area contributed by atoms with Crippen LogP contribution in [0.4, 0.5) is 0 Å². The molecule has 0 radical (unpaired) electrons. The van der Waals surface area contributed by atoms with Crippen LogP contribution >= 0.6 is 11.3 Å². The minimum atomic E-state index is -0.573. The zero-order valence-corrected chi connectivity index (χ0v) is 12.3. The highest BCUT2D eigenvalue weighted by Crippen LogP contribution is 2.20. The predicted molar refractivity (Wildman–Crippen MR) is 71.4 cm³/mol. The molecule has 2 heterocycles. The summed E-state index contributed by atoms with van der Waals surface area (Å²) in [5.41, 5.74) is 0.378. The zero-order valence-electron chi connectivity index (χ0n) is 11.5. The second kappa shape index (κ2) is 5.26. The minimum absolute atomic E-state index is 0.0365. The van der Waals surface area contributed by atoms with Gasteiger partial charge >= 0.3 is 4.87 Å². The summed E-state index contributed by atoms with van der Waals surface area (Å²) in [5, 5.41) is 5.75. The summed E-state index contributed by atoms with van der Waals surface area (Å²) in [4.78, 5) is 15.9. The molecule has 2 rings (SSSR count). The van der Waals surface area contributed by atoms with Gasteiger partial charge in [-0.3, -0.25) is 4.79 Å². The summed E-state index contributed by atoms with van der Waals surface area (Å²) < 4.78 is 12.2. The van der Waals surface area contributed by atoms with E-state index in [1.54, 1.807) is 11.7 Å². The van der Waals surface area contributed by atoms with Gasteiger partial charge < -0.3 is 13.8 Å². The molecule has 2 aromatic heterocycles. The van der Waals surface area contributed by atoms with Gasteiger partial charge in [-0.25, -0.2) is 0 Å². The highest BCUT2D eigenvalue weighted by Gasteiger charge is 2.26. The average Bonchev–Trinajstić information content (AvgIpc) is 2.96. The van der Waals surface area contributed by atoms with Crippen molar-refractivity contribution in [3.05, 3.63) is 32.5 Å². The first-order valence-electron chi connectivity index (χ1n) is 5.97. The fraction of sp³-hybridized carbons (Fsp3) is 0.583. The number of aromatic nitrogens is 3. The quantitative estimate of drug-likeness (QED) is 0.835. The molecule has 0 bridgehead atoms. The lowest BCUT2D eigenvalue weighted by Gasteiger charge is -2.17. The molecular weight excluding hydrogens is 266 g/mol. The molecule has 7 heteroatoms. The van der Waals surface area contributed by atoms with E-state index in [2.05, 4.69) is 10.1 Å². The molecule has 19 heavy (non-hydrogen) atoms. The molecule has 0 N–H and O–H groups in total. The molecule has 6 nitrogen and oxygen atoms in total. The van der Waals surface area contributed by atoms with Crippen LogP contribution in [0.25, 0.3) is 0 Å². The number of hydrogen-bond acceptors (Lipinski definition) is 6. The zero-order chi connectivity index (χ0) is 14.0. The Hall–Kier alpha value is -1.47. The summed E-state index contributed by atoms with van der Waals surface area (Å²) in [5.74, 6) is 1.03. The van der Waals surface area contributed by atoms with E-state index in [0.717, 1.165) is 5.69 Å². The van der Waals surface area contributed by atoms with E-state index in [9.17, 15) is 4.79 Å². The summed E-state index contributed by atoms with van der Waals surface area (Å²) in [6.07, 6.45) is 0.532. The monoisotopic (exact) mass is 283 g/mol. The Bertz CT molecular complexity index is 612. The van der Waals surface area contributed by atoms with Crippen molar-refractivity contribution < 1.29 is 9.26 Å². The fourth-order valence-electron chi connectivity index (χ4n) is 1.57. The topological polar surface area (TPSA) is 70.2 Å². The molecule has 2 aromatic rings. The van der Waals surface area contributed by atoms with Crippen molar-refractivity contribution in [2.75, 3.05) is 7.11 Å². The minimum Gasteiger partial charge on any atom is -0.371 e. The Balaban J connectivity index is 2.07. The highest BCUT2D eigenvalue weighted by molar-refractivity contribution is 7.07. The van der Waals surface area contributed by atoms with E-state index in [1.807, 2.05) is 26.2 Å². The fourth-order valence-corrected chi connectivity index (χ4v) is 2.34. The molecule has 0 saturated heterocycles. The van der Waals surface area contributed by atoms with E-state index in [4.69, 9.17) is 9.26 Å². The van der Waals surface area contributed by atoms with Gasteiger partial charge in [0.2, 0.25) is 11.7 Å². The van der Waals surface area contributed by atoms with E-state index in [0.29, 0.717) is 24.7 Å². The lowest BCUT2D eigenvalue weighted by Crippen LogP contribution is -2.21. The molecule has 0 saturated carbocycles. The van der Waals surface area contributed by atoms with Gasteiger partial charge in [0.05, 0.1) is 0 Å². The molecule has 0 aliphatic heterocycles. The Morgan fingerprint density at radius 2 is 2.26 bits per heavy atom. The standard InChI is InChI=1S/C12H17N3O3S/c1-8-7-19-11(16)15(8)6-5-9-13-10(14-18-9)12(2,3)17-4/h7H,5-6H2,1-4H3. The van der Waals surface area contributed by atoms with Crippen LogP contribution in [-0.2, 0) is 23.3 Å². The van der Waals surface area contributed by atoms with Gasteiger partial charge in [-0.1, -0.05) is 16.5 Å². The van der Waals surface area contributed by atoms with Crippen LogP contribution in [-0.4, -0.2) is 21.8 Å². The Kier molecular flexibility index (Phi) is 3.86. The normalized spacial score (nSPS) is 12.0. The largest absolute Gasteiger partial charge is 0.371 e. The van der Waals surface area contributed by atoms with E-state index >= 15 is 0 Å². The number of nitrogens with zero attached hydrogens (tertiary/aromatic N) is 3. The summed E-state index contributed by atoms with van der Waals surface area (Å²) in [7, 11) is 1.60. The van der Waals surface area contributed by atoms with Gasteiger partial charge in [0.15, 0.2) is 0 Å². The van der Waals surface area contributed by atoms with Crippen molar-refractivity contribution in [3.8, 4) is 0 Å². The molecule has 0 atom stereocenters. The van der Waals surface area contributed by atoms with Crippen molar-refractivity contribution in [2.45, 2.75) is 39.3 Å². The number of methoxy groups -OCH3 is 1. The average molecular weight is 283 g/mol. The molecule has 0 amide bonds. The molecule has 0 aliphatic carbocycles. The van der Waals surface area contributed by atoms with Gasteiger partial charge in [0.1, 0.15) is 5.60 Å². The summed E-state index contributed by atoms with van der Waals surface area (Å²) in [6.45, 7) is 6.19. The van der Waals surface area contributed by atoms with Crippen molar-refractivity contribution in [2.24, 2.45) is 0 Å². The maximum Gasteiger partial charge on any atom is 0.307 e. The molecule has 0 fully saturated rings. The van der Waals surface area contributed by atoms with Gasteiger partial charge in [0.25, 0.3) is 0 Å². The van der Waals surface area contributed by atoms with Crippen molar-refractivity contribution in [1.29, 1.82) is 0 Å². The second-order valence-electron chi connectivity index (χ2n) is 4.77. The van der Waals surface area contributed by atoms with Gasteiger partial charge in [-0.15, -0.1) is 0 Å². The number of aryl methyl sites for hydroxylation is 2. The first-order chi connectivity index (χ1) is 8.94. The lowest BCUT2D eigenvalue weighted by molar-refractivity contribution is 0.00973. The maximum atomic E-state index is 11.6. The van der Waals surface area contributed by atoms with E-state index in [1.165, 1.54) is 11.3 Å². The first-order valence-corrected chi connectivity index (χ1v) is 6.85. The Morgan fingerprint density at radius 3 is 2.84 bits per heavy atom. The van der Waals surface area contributed by atoms with Crippen LogP contribution in [0.1, 0.15) is 31.3 Å². The van der Waals surface area contributed by atoms with Crippen molar-refractivity contribution in [1.82, 2.24) is 14.7 Å². The maximum absolute atomic E-state index is 11.6. The number of hydrogen-bond donors (Lipinski definition) is 0. The van der Waals surface area contributed by atoms with Gasteiger partial charge in [-0.2, -0.15) is 4.98 Å². The highest BCUT2D eigenvalue weighted by atomic mass is 32.1. The van der Waals surface area contributed by atoms with Crippen molar-refractivity contribution in [3.63, 3.8) is 0 Å². The number of rotatable bonds is 5. The summed E-state index contributed by atoms with van der Waals surface area (Å²) >= 11 is 1.20. The van der Waals surface area contributed by atoms with Crippen LogP contribution in [0.15, 0.2) is 14.7 Å². The summed E-state index contributed by atoms with van der Waals surface area (Å²) in [6, 6.07) is 0. The molecule has 0 spiro atoms. The SMILES string of the molecule is COC(C)(C)c1noc(CCn2c(C)csc2=O)n1. The van der Waals surface area contributed by atoms with Crippen molar-refractivity contribution >= 4 is 11.3 Å². The third kappa shape index (κ3) is 2.93. The van der Waals surface area contributed by atoms with Crippen LogP contribution in [0, 0.1) is 6.92 Å². The molecular formula is C12H17N3O3S. The number of thiazole rings is 1. The number of ether oxygens (including phenoxy) is 1. The molecule has 0 unspecified atom stereocenters. The smallest absolute Gasteiger partial charge is 0.307 e.